The molecule has 1 aliphatic heterocycles. The summed E-state index contributed by atoms with van der Waals surface area (Å²) in [4.78, 5) is 29.7. The standard InChI is InChI=1S/C22H30N4O3S/c1-5-26-15(4)18(14(3)24-26)20(27)23-21-19(22(28)25-8-10-29-11-9-25)16-7-6-13(2)12-17(16)30-21/h13H,5-12H2,1-4H3,(H,23,27)/t13-/m0/s1. The molecule has 1 saturated heterocycles. The summed E-state index contributed by atoms with van der Waals surface area (Å²) in [6.45, 7) is 11.0. The van der Waals surface area contributed by atoms with Gasteiger partial charge in [-0.2, -0.15) is 5.10 Å². The summed E-state index contributed by atoms with van der Waals surface area (Å²) < 4.78 is 7.25. The number of carbonyl (C=O) groups is 2. The van der Waals surface area contributed by atoms with Crippen LogP contribution >= 0.6 is 11.3 Å². The van der Waals surface area contributed by atoms with Crippen LogP contribution in [0.25, 0.3) is 0 Å². The maximum atomic E-state index is 13.4. The van der Waals surface area contributed by atoms with Crippen LogP contribution in [0.2, 0.25) is 0 Å². The number of thiophene rings is 1. The van der Waals surface area contributed by atoms with Crippen molar-refractivity contribution in [2.24, 2.45) is 5.92 Å². The third-order valence-corrected chi connectivity index (χ3v) is 7.33. The molecule has 0 spiro atoms. The first-order valence-corrected chi connectivity index (χ1v) is 11.6. The van der Waals surface area contributed by atoms with E-state index in [0.29, 0.717) is 60.6 Å². The number of fused-ring (bicyclic) bond motifs is 1. The number of amides is 2. The van der Waals surface area contributed by atoms with E-state index in [-0.39, 0.29) is 11.8 Å². The van der Waals surface area contributed by atoms with Crippen LogP contribution in [0, 0.1) is 19.8 Å². The molecule has 30 heavy (non-hydrogen) atoms. The highest BCUT2D eigenvalue weighted by Gasteiger charge is 2.32. The summed E-state index contributed by atoms with van der Waals surface area (Å²) in [5.41, 5.74) is 3.98. The summed E-state index contributed by atoms with van der Waals surface area (Å²) in [5, 5.41) is 8.23. The number of aryl methyl sites for hydroxylation is 2. The van der Waals surface area contributed by atoms with E-state index in [4.69, 9.17) is 4.74 Å². The first-order valence-electron chi connectivity index (χ1n) is 10.8. The minimum atomic E-state index is -0.188. The number of aromatic nitrogens is 2. The molecule has 1 N–H and O–H groups in total. The molecule has 0 bridgehead atoms. The number of carbonyl (C=O) groups excluding carboxylic acids is 2. The van der Waals surface area contributed by atoms with Crippen LogP contribution in [0.1, 0.15) is 62.8 Å². The topological polar surface area (TPSA) is 76.5 Å². The molecule has 0 saturated carbocycles. The highest BCUT2D eigenvalue weighted by atomic mass is 32.1. The molecule has 2 amide bonds. The molecule has 7 nitrogen and oxygen atoms in total. The van der Waals surface area contributed by atoms with Gasteiger partial charge in [0.05, 0.1) is 30.0 Å². The molecule has 162 valence electrons. The van der Waals surface area contributed by atoms with Crippen LogP contribution in [0.5, 0.6) is 0 Å². The van der Waals surface area contributed by atoms with Crippen LogP contribution in [0.15, 0.2) is 0 Å². The first-order chi connectivity index (χ1) is 14.4. The van der Waals surface area contributed by atoms with Gasteiger partial charge >= 0.3 is 0 Å². The Hall–Kier alpha value is -2.19. The number of morpholine rings is 1. The van der Waals surface area contributed by atoms with Crippen molar-refractivity contribution in [3.8, 4) is 0 Å². The van der Waals surface area contributed by atoms with Gasteiger partial charge in [0.2, 0.25) is 0 Å². The van der Waals surface area contributed by atoms with Gasteiger partial charge in [0.1, 0.15) is 5.00 Å². The van der Waals surface area contributed by atoms with Gasteiger partial charge in [-0.15, -0.1) is 11.3 Å². The zero-order valence-electron chi connectivity index (χ0n) is 18.2. The van der Waals surface area contributed by atoms with E-state index in [1.165, 1.54) is 4.88 Å². The maximum absolute atomic E-state index is 13.4. The fourth-order valence-corrected chi connectivity index (χ4v) is 5.89. The van der Waals surface area contributed by atoms with E-state index in [9.17, 15) is 9.59 Å². The van der Waals surface area contributed by atoms with Gasteiger partial charge in [0.25, 0.3) is 11.8 Å². The van der Waals surface area contributed by atoms with Gasteiger partial charge in [0, 0.05) is 30.2 Å². The normalized spacial score (nSPS) is 18.9. The van der Waals surface area contributed by atoms with Crippen LogP contribution in [0.4, 0.5) is 5.00 Å². The van der Waals surface area contributed by atoms with Gasteiger partial charge in [-0.05, 0) is 51.5 Å². The van der Waals surface area contributed by atoms with Crippen molar-refractivity contribution in [2.75, 3.05) is 31.6 Å². The molecule has 0 unspecified atom stereocenters. The van der Waals surface area contributed by atoms with Crippen LogP contribution in [-0.2, 0) is 24.1 Å². The van der Waals surface area contributed by atoms with Gasteiger partial charge < -0.3 is 15.0 Å². The summed E-state index contributed by atoms with van der Waals surface area (Å²) in [5.74, 6) is 0.420. The lowest BCUT2D eigenvalue weighted by atomic mass is 9.88. The molecular formula is C22H30N4O3S. The van der Waals surface area contributed by atoms with Crippen molar-refractivity contribution >= 4 is 28.2 Å². The van der Waals surface area contributed by atoms with Gasteiger partial charge in [-0.1, -0.05) is 6.92 Å². The largest absolute Gasteiger partial charge is 0.378 e. The Morgan fingerprint density at radius 1 is 1.23 bits per heavy atom. The summed E-state index contributed by atoms with van der Waals surface area (Å²) in [6.07, 6.45) is 2.92. The Kier molecular flexibility index (Phi) is 5.97. The van der Waals surface area contributed by atoms with E-state index in [2.05, 4.69) is 17.3 Å². The van der Waals surface area contributed by atoms with Gasteiger partial charge in [0.15, 0.2) is 0 Å². The van der Waals surface area contributed by atoms with Crippen LogP contribution in [0.3, 0.4) is 0 Å². The van der Waals surface area contributed by atoms with Gasteiger partial charge in [-0.25, -0.2) is 0 Å². The second kappa shape index (κ2) is 8.51. The van der Waals surface area contributed by atoms with E-state index in [0.717, 1.165) is 30.5 Å². The van der Waals surface area contributed by atoms with Gasteiger partial charge in [-0.3, -0.25) is 14.3 Å². The van der Waals surface area contributed by atoms with E-state index < -0.39 is 0 Å². The molecule has 3 heterocycles. The molecule has 1 aliphatic carbocycles. The zero-order valence-corrected chi connectivity index (χ0v) is 19.0. The third kappa shape index (κ3) is 3.78. The van der Waals surface area contributed by atoms with E-state index in [1.807, 2.05) is 30.4 Å². The maximum Gasteiger partial charge on any atom is 0.260 e. The number of rotatable bonds is 4. The molecule has 2 aromatic rings. The summed E-state index contributed by atoms with van der Waals surface area (Å²) in [6, 6.07) is 0. The molecule has 2 aliphatic rings. The Balaban J connectivity index is 1.69. The molecule has 0 aromatic carbocycles. The Morgan fingerprint density at radius 3 is 2.63 bits per heavy atom. The van der Waals surface area contributed by atoms with Crippen molar-refractivity contribution in [2.45, 2.75) is 53.5 Å². The molecule has 2 aromatic heterocycles. The Morgan fingerprint density at radius 2 is 1.97 bits per heavy atom. The lowest BCUT2D eigenvalue weighted by Gasteiger charge is -2.28. The fraction of sp³-hybridized carbons (Fsp3) is 0.591. The smallest absolute Gasteiger partial charge is 0.260 e. The SMILES string of the molecule is CCn1nc(C)c(C(=O)Nc2sc3c(c2C(=O)N2CCOCC2)CC[C@H](C)C3)c1C. The molecule has 1 fully saturated rings. The highest BCUT2D eigenvalue weighted by molar-refractivity contribution is 7.17. The lowest BCUT2D eigenvalue weighted by molar-refractivity contribution is 0.0303. The van der Waals surface area contributed by atoms with Crippen molar-refractivity contribution < 1.29 is 14.3 Å². The van der Waals surface area contributed by atoms with E-state index in [1.54, 1.807) is 11.3 Å². The predicted molar refractivity (Wildman–Crippen MR) is 118 cm³/mol. The molecular weight excluding hydrogens is 400 g/mol. The minimum absolute atomic E-state index is 0.0124. The average molecular weight is 431 g/mol. The number of anilines is 1. The Bertz CT molecular complexity index is 972. The number of hydrogen-bond acceptors (Lipinski definition) is 5. The van der Waals surface area contributed by atoms with Crippen molar-refractivity contribution in [1.82, 2.24) is 14.7 Å². The Labute approximate surface area is 181 Å². The quantitative estimate of drug-likeness (QED) is 0.806. The first kappa shape index (κ1) is 21.1. The number of nitrogens with one attached hydrogen (secondary N) is 1. The fourth-order valence-electron chi connectivity index (χ4n) is 4.49. The number of nitrogens with zero attached hydrogens (tertiary/aromatic N) is 3. The molecule has 1 atom stereocenters. The second-order valence-electron chi connectivity index (χ2n) is 8.28. The zero-order chi connectivity index (χ0) is 21.4. The number of ether oxygens (including phenoxy) is 1. The lowest BCUT2D eigenvalue weighted by Crippen LogP contribution is -2.41. The third-order valence-electron chi connectivity index (χ3n) is 6.16. The average Bonchev–Trinajstić information content (AvgIpc) is 3.23. The molecule has 4 rings (SSSR count). The molecule has 8 heteroatoms. The predicted octanol–water partition coefficient (Wildman–Crippen LogP) is 3.43. The minimum Gasteiger partial charge on any atom is -0.378 e. The van der Waals surface area contributed by atoms with Crippen molar-refractivity contribution in [3.63, 3.8) is 0 Å². The van der Waals surface area contributed by atoms with Crippen LogP contribution in [-0.4, -0.2) is 52.8 Å². The van der Waals surface area contributed by atoms with Crippen molar-refractivity contribution in [1.29, 1.82) is 0 Å². The number of hydrogen-bond donors (Lipinski definition) is 1. The van der Waals surface area contributed by atoms with Crippen molar-refractivity contribution in [3.05, 3.63) is 33.0 Å². The van der Waals surface area contributed by atoms with Crippen LogP contribution < -0.4 is 5.32 Å². The van der Waals surface area contributed by atoms with E-state index >= 15 is 0 Å². The summed E-state index contributed by atoms with van der Waals surface area (Å²) >= 11 is 1.57. The molecule has 0 radical (unpaired) electrons. The second-order valence-corrected chi connectivity index (χ2v) is 9.38. The monoisotopic (exact) mass is 430 g/mol. The highest BCUT2D eigenvalue weighted by Crippen LogP contribution is 2.40. The summed E-state index contributed by atoms with van der Waals surface area (Å²) in [7, 11) is 0.